The van der Waals surface area contributed by atoms with E-state index in [-0.39, 0.29) is 17.5 Å². The van der Waals surface area contributed by atoms with Crippen LogP contribution in [-0.4, -0.2) is 37.4 Å². The van der Waals surface area contributed by atoms with Gasteiger partial charge in [-0.15, -0.1) is 8.78 Å². The second-order valence-corrected chi connectivity index (χ2v) is 4.84. The molecule has 2 aliphatic rings. The van der Waals surface area contributed by atoms with E-state index in [4.69, 9.17) is 0 Å². The molecule has 1 aromatic carbocycles. The Kier molecular flexibility index (Phi) is 3.06. The number of halogens is 2. The summed E-state index contributed by atoms with van der Waals surface area (Å²) in [6, 6.07) is 5.17. The van der Waals surface area contributed by atoms with Crippen LogP contribution in [0.5, 0.6) is 11.5 Å². The molecule has 0 saturated carbocycles. The number of benzene rings is 1. The first-order valence-electron chi connectivity index (χ1n) is 6.40. The molecule has 0 spiro atoms. The fourth-order valence-corrected chi connectivity index (χ4v) is 2.51. The highest BCUT2D eigenvalue weighted by Crippen LogP contribution is 2.42. The highest BCUT2D eigenvalue weighted by Gasteiger charge is 2.43. The minimum atomic E-state index is -3.54. The molecule has 0 bridgehead atoms. The van der Waals surface area contributed by atoms with Crippen molar-refractivity contribution >= 4 is 0 Å². The SMILES string of the molecule is CC(c1ccc2c(c1)OC(F)(F)O2)N1CCNCC1. The lowest BCUT2D eigenvalue weighted by Gasteiger charge is -2.33. The zero-order valence-electron chi connectivity index (χ0n) is 10.7. The maximum atomic E-state index is 13.0. The van der Waals surface area contributed by atoms with Gasteiger partial charge in [0.2, 0.25) is 0 Å². The Morgan fingerprint density at radius 3 is 2.63 bits per heavy atom. The molecule has 1 aromatic rings. The largest absolute Gasteiger partial charge is 0.586 e. The minimum Gasteiger partial charge on any atom is -0.395 e. The molecule has 1 atom stereocenters. The molecule has 4 nitrogen and oxygen atoms in total. The van der Waals surface area contributed by atoms with Gasteiger partial charge in [-0.25, -0.2) is 0 Å². The van der Waals surface area contributed by atoms with E-state index in [9.17, 15) is 8.78 Å². The molecule has 2 aliphatic heterocycles. The zero-order valence-corrected chi connectivity index (χ0v) is 10.7. The fraction of sp³-hybridized carbons (Fsp3) is 0.538. The van der Waals surface area contributed by atoms with E-state index < -0.39 is 6.29 Å². The average Bonchev–Trinajstić information content (AvgIpc) is 2.71. The second kappa shape index (κ2) is 4.61. The molecule has 1 saturated heterocycles. The molecule has 1 fully saturated rings. The maximum Gasteiger partial charge on any atom is 0.586 e. The summed E-state index contributed by atoms with van der Waals surface area (Å²) in [4.78, 5) is 2.31. The van der Waals surface area contributed by atoms with Crippen LogP contribution in [0.2, 0.25) is 0 Å². The fourth-order valence-electron chi connectivity index (χ4n) is 2.51. The van der Waals surface area contributed by atoms with E-state index in [0.717, 1.165) is 31.7 Å². The number of hydrogen-bond donors (Lipinski definition) is 1. The van der Waals surface area contributed by atoms with Crippen LogP contribution in [0.15, 0.2) is 18.2 Å². The van der Waals surface area contributed by atoms with Crippen LogP contribution in [0.1, 0.15) is 18.5 Å². The molecule has 2 heterocycles. The topological polar surface area (TPSA) is 33.7 Å². The van der Waals surface area contributed by atoms with Crippen LogP contribution in [0.25, 0.3) is 0 Å². The van der Waals surface area contributed by atoms with Gasteiger partial charge in [0.1, 0.15) is 0 Å². The summed E-state index contributed by atoms with van der Waals surface area (Å²) >= 11 is 0. The molecular formula is C13H16F2N2O2. The van der Waals surface area contributed by atoms with Crippen LogP contribution in [0, 0.1) is 0 Å². The van der Waals surface area contributed by atoms with Crippen LogP contribution in [0.3, 0.4) is 0 Å². The van der Waals surface area contributed by atoms with Crippen LogP contribution in [0.4, 0.5) is 8.78 Å². The first kappa shape index (κ1) is 12.6. The maximum absolute atomic E-state index is 13.0. The minimum absolute atomic E-state index is 0.0984. The third-order valence-corrected chi connectivity index (χ3v) is 3.61. The Labute approximate surface area is 110 Å². The molecule has 0 aliphatic carbocycles. The van der Waals surface area contributed by atoms with Gasteiger partial charge in [-0.05, 0) is 24.6 Å². The molecule has 0 radical (unpaired) electrons. The number of fused-ring (bicyclic) bond motifs is 1. The summed E-state index contributed by atoms with van der Waals surface area (Å²) in [6.45, 7) is 5.87. The number of ether oxygens (including phenoxy) is 2. The van der Waals surface area contributed by atoms with Gasteiger partial charge in [-0.1, -0.05) is 6.07 Å². The number of rotatable bonds is 2. The van der Waals surface area contributed by atoms with Crippen molar-refractivity contribution in [1.29, 1.82) is 0 Å². The van der Waals surface area contributed by atoms with E-state index >= 15 is 0 Å². The van der Waals surface area contributed by atoms with Crippen molar-refractivity contribution in [2.24, 2.45) is 0 Å². The van der Waals surface area contributed by atoms with E-state index in [1.165, 1.54) is 0 Å². The lowest BCUT2D eigenvalue weighted by molar-refractivity contribution is -0.286. The summed E-state index contributed by atoms with van der Waals surface area (Å²) in [5, 5.41) is 3.29. The van der Waals surface area contributed by atoms with Crippen molar-refractivity contribution in [3.8, 4) is 11.5 Å². The molecule has 19 heavy (non-hydrogen) atoms. The quantitative estimate of drug-likeness (QED) is 0.891. The smallest absolute Gasteiger partial charge is 0.395 e. The Morgan fingerprint density at radius 2 is 1.89 bits per heavy atom. The van der Waals surface area contributed by atoms with Crippen LogP contribution < -0.4 is 14.8 Å². The van der Waals surface area contributed by atoms with Crippen LogP contribution >= 0.6 is 0 Å². The predicted octanol–water partition coefficient (Wildman–Crippen LogP) is 1.97. The highest BCUT2D eigenvalue weighted by atomic mass is 19.3. The molecular weight excluding hydrogens is 254 g/mol. The first-order chi connectivity index (χ1) is 9.05. The second-order valence-electron chi connectivity index (χ2n) is 4.84. The van der Waals surface area contributed by atoms with Gasteiger partial charge >= 0.3 is 6.29 Å². The summed E-state index contributed by atoms with van der Waals surface area (Å²) < 4.78 is 34.8. The normalized spacial score (nSPS) is 23.3. The number of alkyl halides is 2. The van der Waals surface area contributed by atoms with Gasteiger partial charge in [0.15, 0.2) is 11.5 Å². The summed E-state index contributed by atoms with van der Waals surface area (Å²) in [6.07, 6.45) is -3.54. The standard InChI is InChI=1S/C13H16F2N2O2/c1-9(17-6-4-16-5-7-17)10-2-3-11-12(8-10)19-13(14,15)18-11/h2-3,8-9,16H,4-7H2,1H3. The highest BCUT2D eigenvalue weighted by molar-refractivity contribution is 5.45. The Balaban J connectivity index is 1.79. The van der Waals surface area contributed by atoms with Gasteiger partial charge in [0, 0.05) is 32.2 Å². The van der Waals surface area contributed by atoms with Crippen molar-refractivity contribution in [3.63, 3.8) is 0 Å². The third-order valence-electron chi connectivity index (χ3n) is 3.61. The predicted molar refractivity (Wildman–Crippen MR) is 65.5 cm³/mol. The summed E-state index contributed by atoms with van der Waals surface area (Å²) in [5.74, 6) is 0.214. The van der Waals surface area contributed by atoms with Gasteiger partial charge < -0.3 is 14.8 Å². The zero-order chi connectivity index (χ0) is 13.5. The monoisotopic (exact) mass is 270 g/mol. The van der Waals surface area contributed by atoms with E-state index in [1.807, 2.05) is 6.07 Å². The summed E-state index contributed by atoms with van der Waals surface area (Å²) in [7, 11) is 0. The molecule has 1 unspecified atom stereocenters. The number of piperazine rings is 1. The van der Waals surface area contributed by atoms with Crippen molar-refractivity contribution in [3.05, 3.63) is 23.8 Å². The molecule has 6 heteroatoms. The summed E-state index contributed by atoms with van der Waals surface area (Å²) in [5.41, 5.74) is 0.960. The average molecular weight is 270 g/mol. The lowest BCUT2D eigenvalue weighted by Crippen LogP contribution is -2.44. The number of hydrogen-bond acceptors (Lipinski definition) is 4. The van der Waals surface area contributed by atoms with E-state index in [1.54, 1.807) is 12.1 Å². The Morgan fingerprint density at radius 1 is 1.21 bits per heavy atom. The molecule has 104 valence electrons. The van der Waals surface area contributed by atoms with E-state index in [2.05, 4.69) is 26.6 Å². The van der Waals surface area contributed by atoms with Gasteiger partial charge in [-0.2, -0.15) is 0 Å². The number of nitrogens with one attached hydrogen (secondary N) is 1. The van der Waals surface area contributed by atoms with E-state index in [0.29, 0.717) is 0 Å². The molecule has 0 aromatic heterocycles. The van der Waals surface area contributed by atoms with Crippen molar-refractivity contribution in [2.75, 3.05) is 26.2 Å². The lowest BCUT2D eigenvalue weighted by atomic mass is 10.1. The third kappa shape index (κ3) is 2.50. The molecule has 3 rings (SSSR count). The van der Waals surface area contributed by atoms with Gasteiger partial charge in [-0.3, -0.25) is 4.90 Å². The Bertz CT molecular complexity index is 476. The van der Waals surface area contributed by atoms with Gasteiger partial charge in [0.05, 0.1) is 0 Å². The van der Waals surface area contributed by atoms with Crippen molar-refractivity contribution in [2.45, 2.75) is 19.3 Å². The molecule has 0 amide bonds. The van der Waals surface area contributed by atoms with Crippen molar-refractivity contribution in [1.82, 2.24) is 10.2 Å². The first-order valence-corrected chi connectivity index (χ1v) is 6.40. The van der Waals surface area contributed by atoms with Crippen LogP contribution in [-0.2, 0) is 0 Å². The van der Waals surface area contributed by atoms with Gasteiger partial charge in [0.25, 0.3) is 0 Å². The Hall–Kier alpha value is -1.40. The molecule has 1 N–H and O–H groups in total. The van der Waals surface area contributed by atoms with Crippen molar-refractivity contribution < 1.29 is 18.3 Å². The number of nitrogens with zero attached hydrogens (tertiary/aromatic N) is 1.